The molecule has 1 saturated heterocycles. The van der Waals surface area contributed by atoms with Crippen molar-refractivity contribution in [2.24, 2.45) is 0 Å². The molecule has 0 unspecified atom stereocenters. The molecule has 1 aliphatic rings. The van der Waals surface area contributed by atoms with Gasteiger partial charge in [-0.15, -0.1) is 11.3 Å². The fraction of sp³-hybridized carbons (Fsp3) is 0.267. The Morgan fingerprint density at radius 3 is 2.16 bits per heavy atom. The predicted molar refractivity (Wildman–Crippen MR) is 90.4 cm³/mol. The molecule has 134 valence electrons. The third kappa shape index (κ3) is 3.28. The average Bonchev–Trinajstić information content (AvgIpc) is 3.14. The molecule has 0 saturated carbocycles. The number of rotatable bonds is 3. The molecule has 0 radical (unpaired) electrons. The van der Waals surface area contributed by atoms with E-state index in [9.17, 15) is 28.5 Å². The van der Waals surface area contributed by atoms with Gasteiger partial charge in [-0.1, -0.05) is 6.07 Å². The lowest BCUT2D eigenvalue weighted by atomic mass is 10.1. The van der Waals surface area contributed by atoms with E-state index in [2.05, 4.69) is 0 Å². The molecule has 1 aliphatic heterocycles. The molecule has 1 fully saturated rings. The number of phenols is 3. The lowest BCUT2D eigenvalue weighted by molar-refractivity contribution is 0.0697. The van der Waals surface area contributed by atoms with Gasteiger partial charge in [0, 0.05) is 31.7 Å². The number of thiophene rings is 1. The number of carbonyl (C=O) groups is 1. The summed E-state index contributed by atoms with van der Waals surface area (Å²) in [6, 6.07) is 5.33. The van der Waals surface area contributed by atoms with Gasteiger partial charge in [-0.05, 0) is 23.6 Å². The minimum absolute atomic E-state index is 0.0161. The first-order valence-corrected chi connectivity index (χ1v) is 9.70. The lowest BCUT2D eigenvalue weighted by Gasteiger charge is -2.33. The predicted octanol–water partition coefficient (Wildman–Crippen LogP) is 1.01. The van der Waals surface area contributed by atoms with Crippen LogP contribution in [0, 0.1) is 0 Å². The molecule has 0 atom stereocenters. The van der Waals surface area contributed by atoms with Crippen LogP contribution in [-0.4, -0.2) is 65.0 Å². The van der Waals surface area contributed by atoms with Crippen LogP contribution in [0.15, 0.2) is 33.9 Å². The van der Waals surface area contributed by atoms with Crippen molar-refractivity contribution < 1.29 is 28.5 Å². The Labute approximate surface area is 148 Å². The van der Waals surface area contributed by atoms with Gasteiger partial charge in [-0.2, -0.15) is 4.31 Å². The van der Waals surface area contributed by atoms with Crippen LogP contribution in [0.5, 0.6) is 17.2 Å². The molecule has 1 aromatic heterocycles. The zero-order chi connectivity index (χ0) is 18.2. The van der Waals surface area contributed by atoms with Crippen LogP contribution in [0.2, 0.25) is 0 Å². The van der Waals surface area contributed by atoms with E-state index in [1.54, 1.807) is 17.5 Å². The number of carbonyl (C=O) groups excluding carboxylic acids is 1. The summed E-state index contributed by atoms with van der Waals surface area (Å²) in [5.41, 5.74) is 0.0161. The highest BCUT2D eigenvalue weighted by Gasteiger charge is 2.31. The fourth-order valence-corrected chi connectivity index (χ4v) is 5.15. The van der Waals surface area contributed by atoms with Crippen LogP contribution in [0.3, 0.4) is 0 Å². The summed E-state index contributed by atoms with van der Waals surface area (Å²) < 4.78 is 26.5. The van der Waals surface area contributed by atoms with Crippen molar-refractivity contribution in [3.05, 3.63) is 35.2 Å². The topological polar surface area (TPSA) is 118 Å². The summed E-state index contributed by atoms with van der Waals surface area (Å²) >= 11 is 1.14. The molecule has 3 rings (SSSR count). The zero-order valence-corrected chi connectivity index (χ0v) is 14.6. The Kier molecular flexibility index (Phi) is 4.58. The van der Waals surface area contributed by atoms with E-state index in [1.807, 2.05) is 0 Å². The van der Waals surface area contributed by atoms with Crippen molar-refractivity contribution in [1.82, 2.24) is 9.21 Å². The van der Waals surface area contributed by atoms with Crippen LogP contribution < -0.4 is 0 Å². The number of piperazine rings is 1. The first kappa shape index (κ1) is 17.5. The van der Waals surface area contributed by atoms with E-state index in [4.69, 9.17) is 0 Å². The van der Waals surface area contributed by atoms with Crippen molar-refractivity contribution in [1.29, 1.82) is 0 Å². The van der Waals surface area contributed by atoms with Crippen molar-refractivity contribution >= 4 is 27.3 Å². The van der Waals surface area contributed by atoms with Gasteiger partial charge in [0.15, 0.2) is 17.2 Å². The summed E-state index contributed by atoms with van der Waals surface area (Å²) in [7, 11) is -3.55. The van der Waals surface area contributed by atoms with Crippen LogP contribution in [0.25, 0.3) is 0 Å². The fourth-order valence-electron chi connectivity index (χ4n) is 2.58. The van der Waals surface area contributed by atoms with Crippen molar-refractivity contribution in [3.63, 3.8) is 0 Å². The minimum Gasteiger partial charge on any atom is -0.504 e. The van der Waals surface area contributed by atoms with Crippen molar-refractivity contribution in [2.75, 3.05) is 26.2 Å². The minimum atomic E-state index is -3.55. The summed E-state index contributed by atoms with van der Waals surface area (Å²) in [4.78, 5) is 13.9. The van der Waals surface area contributed by atoms with E-state index >= 15 is 0 Å². The molecule has 0 bridgehead atoms. The molecule has 1 amide bonds. The highest BCUT2D eigenvalue weighted by Crippen LogP contribution is 2.35. The Morgan fingerprint density at radius 1 is 1.04 bits per heavy atom. The van der Waals surface area contributed by atoms with Crippen LogP contribution in [0.4, 0.5) is 0 Å². The van der Waals surface area contributed by atoms with E-state index in [-0.39, 0.29) is 36.0 Å². The zero-order valence-electron chi connectivity index (χ0n) is 13.0. The standard InChI is InChI=1S/C15H16N2O6S2/c18-11-8-10(9-12(19)14(11)20)15(21)16-3-5-17(6-4-16)25(22,23)13-2-1-7-24-13/h1-2,7-9,18-20H,3-6H2. The van der Waals surface area contributed by atoms with Gasteiger partial charge in [-0.25, -0.2) is 8.42 Å². The van der Waals surface area contributed by atoms with E-state index in [0.29, 0.717) is 0 Å². The maximum atomic E-state index is 12.5. The molecular formula is C15H16N2O6S2. The third-order valence-electron chi connectivity index (χ3n) is 3.93. The number of aromatic hydroxyl groups is 3. The Bertz CT molecular complexity index is 864. The smallest absolute Gasteiger partial charge is 0.254 e. The molecule has 25 heavy (non-hydrogen) atoms. The van der Waals surface area contributed by atoms with E-state index in [0.717, 1.165) is 23.5 Å². The highest BCUT2D eigenvalue weighted by molar-refractivity contribution is 7.91. The van der Waals surface area contributed by atoms with Gasteiger partial charge >= 0.3 is 0 Å². The molecule has 2 heterocycles. The second-order valence-corrected chi connectivity index (χ2v) is 8.60. The van der Waals surface area contributed by atoms with Gasteiger partial charge in [0.1, 0.15) is 4.21 Å². The van der Waals surface area contributed by atoms with Gasteiger partial charge in [-0.3, -0.25) is 4.79 Å². The molecule has 10 heteroatoms. The van der Waals surface area contributed by atoms with Gasteiger partial charge in [0.05, 0.1) is 0 Å². The Morgan fingerprint density at radius 2 is 1.64 bits per heavy atom. The van der Waals surface area contributed by atoms with Crippen LogP contribution in [0.1, 0.15) is 10.4 Å². The first-order valence-electron chi connectivity index (χ1n) is 7.38. The molecule has 8 nitrogen and oxygen atoms in total. The number of benzene rings is 1. The van der Waals surface area contributed by atoms with E-state index < -0.39 is 33.2 Å². The normalized spacial score (nSPS) is 16.1. The average molecular weight is 384 g/mol. The van der Waals surface area contributed by atoms with Gasteiger partial charge < -0.3 is 20.2 Å². The summed E-state index contributed by atoms with van der Waals surface area (Å²) in [5.74, 6) is -2.34. The van der Waals surface area contributed by atoms with Gasteiger partial charge in [0.25, 0.3) is 15.9 Å². The van der Waals surface area contributed by atoms with Crippen LogP contribution in [-0.2, 0) is 10.0 Å². The second kappa shape index (κ2) is 6.54. The maximum Gasteiger partial charge on any atom is 0.254 e. The quantitative estimate of drug-likeness (QED) is 0.680. The third-order valence-corrected chi connectivity index (χ3v) is 7.20. The Balaban J connectivity index is 1.71. The number of nitrogens with zero attached hydrogens (tertiary/aromatic N) is 2. The molecule has 2 aromatic rings. The highest BCUT2D eigenvalue weighted by atomic mass is 32.2. The van der Waals surface area contributed by atoms with Crippen LogP contribution >= 0.6 is 11.3 Å². The molecule has 0 spiro atoms. The molecule has 0 aliphatic carbocycles. The monoisotopic (exact) mass is 384 g/mol. The lowest BCUT2D eigenvalue weighted by Crippen LogP contribution is -2.50. The van der Waals surface area contributed by atoms with Crippen molar-refractivity contribution in [3.8, 4) is 17.2 Å². The molecule has 1 aromatic carbocycles. The summed E-state index contributed by atoms with van der Waals surface area (Å²) in [5, 5.41) is 30.1. The SMILES string of the molecule is O=C(c1cc(O)c(O)c(O)c1)N1CCN(S(=O)(=O)c2cccs2)CC1. The number of sulfonamides is 1. The number of hydrogen-bond donors (Lipinski definition) is 3. The maximum absolute atomic E-state index is 12.5. The molecule has 3 N–H and O–H groups in total. The number of amides is 1. The first-order chi connectivity index (χ1) is 11.8. The summed E-state index contributed by atoms with van der Waals surface area (Å²) in [6.45, 7) is 0.682. The summed E-state index contributed by atoms with van der Waals surface area (Å²) in [6.07, 6.45) is 0. The number of hydrogen-bond acceptors (Lipinski definition) is 7. The second-order valence-electron chi connectivity index (χ2n) is 5.49. The number of phenolic OH excluding ortho intramolecular Hbond substituents is 3. The van der Waals surface area contributed by atoms with E-state index in [1.165, 1.54) is 9.21 Å². The van der Waals surface area contributed by atoms with Gasteiger partial charge in [0.2, 0.25) is 0 Å². The molecular weight excluding hydrogens is 368 g/mol. The largest absolute Gasteiger partial charge is 0.504 e. The Hall–Kier alpha value is -2.30. The van der Waals surface area contributed by atoms with Crippen molar-refractivity contribution in [2.45, 2.75) is 4.21 Å².